The molecule has 0 aliphatic carbocycles. The summed E-state index contributed by atoms with van der Waals surface area (Å²) >= 11 is 1.18. The number of anilines is 1. The number of rotatable bonds is 6. The van der Waals surface area contributed by atoms with E-state index in [1.807, 2.05) is 19.4 Å². The lowest BCUT2D eigenvalue weighted by Gasteiger charge is -2.29. The molecule has 1 saturated heterocycles. The van der Waals surface area contributed by atoms with Gasteiger partial charge in [-0.25, -0.2) is 0 Å². The quantitative estimate of drug-likeness (QED) is 0.776. The molecule has 2 aromatic rings. The second kappa shape index (κ2) is 8.51. The van der Waals surface area contributed by atoms with Crippen LogP contribution in [0.2, 0.25) is 0 Å². The molecular weight excluding hydrogens is 350 g/mol. The van der Waals surface area contributed by atoms with Crippen LogP contribution in [0.3, 0.4) is 0 Å². The van der Waals surface area contributed by atoms with Crippen molar-refractivity contribution in [1.29, 1.82) is 0 Å². The van der Waals surface area contributed by atoms with Crippen LogP contribution in [0.5, 0.6) is 0 Å². The van der Waals surface area contributed by atoms with E-state index in [-0.39, 0.29) is 10.8 Å². The molecule has 3 rings (SSSR count). The first-order valence-corrected chi connectivity index (χ1v) is 9.73. The standard InChI is InChI=1S/C19H25N3O3S/c1-15-14-26-19(24)22(15)8-7-18(23)20(2)13-16-3-5-17(6-4-16)21-9-11-25-12-10-21/h3-6,14H,7-13H2,1-2H3. The second-order valence-electron chi connectivity index (χ2n) is 6.56. The van der Waals surface area contributed by atoms with Gasteiger partial charge in [0.1, 0.15) is 0 Å². The van der Waals surface area contributed by atoms with E-state index in [1.165, 1.54) is 17.0 Å². The summed E-state index contributed by atoms with van der Waals surface area (Å²) in [6.07, 6.45) is 0.333. The van der Waals surface area contributed by atoms with Crippen molar-refractivity contribution in [3.8, 4) is 0 Å². The van der Waals surface area contributed by atoms with Gasteiger partial charge in [0.05, 0.1) is 13.2 Å². The SMILES string of the molecule is Cc1csc(=O)n1CCC(=O)N(C)Cc1ccc(N2CCOCC2)cc1. The zero-order valence-corrected chi connectivity index (χ0v) is 16.1. The summed E-state index contributed by atoms with van der Waals surface area (Å²) in [5, 5.41) is 1.83. The van der Waals surface area contributed by atoms with Crippen LogP contribution in [-0.2, 0) is 22.6 Å². The molecule has 0 bridgehead atoms. The molecular formula is C19H25N3O3S. The molecule has 0 saturated carbocycles. The minimum atomic E-state index is -0.00310. The largest absolute Gasteiger partial charge is 0.378 e. The van der Waals surface area contributed by atoms with Gasteiger partial charge in [0.2, 0.25) is 5.91 Å². The number of ether oxygens (including phenoxy) is 1. The molecule has 2 heterocycles. The van der Waals surface area contributed by atoms with E-state index in [9.17, 15) is 9.59 Å². The van der Waals surface area contributed by atoms with Crippen LogP contribution in [0.1, 0.15) is 17.7 Å². The molecule has 140 valence electrons. The van der Waals surface area contributed by atoms with Crippen LogP contribution in [0.25, 0.3) is 0 Å². The van der Waals surface area contributed by atoms with Crippen molar-refractivity contribution < 1.29 is 9.53 Å². The van der Waals surface area contributed by atoms with Crippen molar-refractivity contribution in [3.63, 3.8) is 0 Å². The van der Waals surface area contributed by atoms with Crippen LogP contribution < -0.4 is 9.77 Å². The molecule has 0 spiro atoms. The Labute approximate surface area is 157 Å². The van der Waals surface area contributed by atoms with E-state index in [0.29, 0.717) is 19.5 Å². The summed E-state index contributed by atoms with van der Waals surface area (Å²) < 4.78 is 7.04. The Morgan fingerprint density at radius 3 is 2.54 bits per heavy atom. The van der Waals surface area contributed by atoms with Crippen molar-refractivity contribution in [3.05, 3.63) is 50.6 Å². The van der Waals surface area contributed by atoms with Crippen molar-refractivity contribution >= 4 is 22.9 Å². The Balaban J connectivity index is 1.52. The van der Waals surface area contributed by atoms with Gasteiger partial charge in [-0.3, -0.25) is 9.59 Å². The van der Waals surface area contributed by atoms with Gasteiger partial charge in [-0.1, -0.05) is 23.5 Å². The summed E-state index contributed by atoms with van der Waals surface area (Å²) in [7, 11) is 1.81. The average Bonchev–Trinajstić information content (AvgIpc) is 2.99. The van der Waals surface area contributed by atoms with Gasteiger partial charge in [0.25, 0.3) is 0 Å². The topological polar surface area (TPSA) is 54.8 Å². The molecule has 6 nitrogen and oxygen atoms in total. The maximum atomic E-state index is 12.4. The average molecular weight is 375 g/mol. The van der Waals surface area contributed by atoms with Crippen LogP contribution in [0, 0.1) is 6.92 Å². The minimum Gasteiger partial charge on any atom is -0.378 e. The van der Waals surface area contributed by atoms with E-state index in [4.69, 9.17) is 4.74 Å². The highest BCUT2D eigenvalue weighted by Gasteiger charge is 2.13. The normalized spacial score (nSPS) is 14.5. The molecule has 26 heavy (non-hydrogen) atoms. The first-order chi connectivity index (χ1) is 12.5. The summed E-state index contributed by atoms with van der Waals surface area (Å²) in [5.41, 5.74) is 3.20. The lowest BCUT2D eigenvalue weighted by molar-refractivity contribution is -0.130. The van der Waals surface area contributed by atoms with Gasteiger partial charge in [-0.05, 0) is 24.6 Å². The number of aryl methyl sites for hydroxylation is 1. The number of hydrogen-bond acceptors (Lipinski definition) is 5. The van der Waals surface area contributed by atoms with Gasteiger partial charge >= 0.3 is 4.87 Å². The number of nitrogens with zero attached hydrogens (tertiary/aromatic N) is 3. The first kappa shape index (κ1) is 18.7. The van der Waals surface area contributed by atoms with Crippen molar-refractivity contribution in [2.75, 3.05) is 38.3 Å². The fraction of sp³-hybridized carbons (Fsp3) is 0.474. The van der Waals surface area contributed by atoms with E-state index in [0.717, 1.165) is 37.6 Å². The maximum Gasteiger partial charge on any atom is 0.307 e. The summed E-state index contributed by atoms with van der Waals surface area (Å²) in [6.45, 7) is 6.27. The molecule has 1 aliphatic rings. The lowest BCUT2D eigenvalue weighted by atomic mass is 10.1. The summed E-state index contributed by atoms with van der Waals surface area (Å²) in [5.74, 6) is 0.0414. The highest BCUT2D eigenvalue weighted by Crippen LogP contribution is 2.17. The zero-order valence-electron chi connectivity index (χ0n) is 15.3. The minimum absolute atomic E-state index is 0.00310. The van der Waals surface area contributed by atoms with Crippen LogP contribution >= 0.6 is 11.3 Å². The number of morpholine rings is 1. The number of aromatic nitrogens is 1. The highest BCUT2D eigenvalue weighted by atomic mass is 32.1. The van der Waals surface area contributed by atoms with Crippen LogP contribution in [0.4, 0.5) is 5.69 Å². The molecule has 1 amide bonds. The lowest BCUT2D eigenvalue weighted by Crippen LogP contribution is -2.36. The zero-order chi connectivity index (χ0) is 18.5. The molecule has 0 N–H and O–H groups in total. The predicted octanol–water partition coefficient (Wildman–Crippen LogP) is 2.10. The number of amides is 1. The van der Waals surface area contributed by atoms with Crippen molar-refractivity contribution in [1.82, 2.24) is 9.47 Å². The van der Waals surface area contributed by atoms with E-state index < -0.39 is 0 Å². The third kappa shape index (κ3) is 4.53. The molecule has 1 fully saturated rings. The number of thiazole rings is 1. The van der Waals surface area contributed by atoms with Gasteiger partial charge in [-0.15, -0.1) is 0 Å². The molecule has 1 aromatic carbocycles. The Morgan fingerprint density at radius 2 is 1.92 bits per heavy atom. The molecule has 0 atom stereocenters. The monoisotopic (exact) mass is 375 g/mol. The molecule has 0 unspecified atom stereocenters. The van der Waals surface area contributed by atoms with E-state index >= 15 is 0 Å². The van der Waals surface area contributed by atoms with Crippen LogP contribution in [0.15, 0.2) is 34.4 Å². The maximum absolute atomic E-state index is 12.4. The smallest absolute Gasteiger partial charge is 0.307 e. The number of carbonyl (C=O) groups is 1. The molecule has 7 heteroatoms. The van der Waals surface area contributed by atoms with Gasteiger partial charge in [0, 0.05) is 56.4 Å². The Bertz CT molecular complexity index is 791. The number of benzene rings is 1. The number of hydrogen-bond donors (Lipinski definition) is 0. The third-order valence-corrected chi connectivity index (χ3v) is 5.56. The van der Waals surface area contributed by atoms with E-state index in [1.54, 1.807) is 9.47 Å². The summed E-state index contributed by atoms with van der Waals surface area (Å²) in [6, 6.07) is 8.35. The van der Waals surface area contributed by atoms with E-state index in [2.05, 4.69) is 29.2 Å². The number of carbonyl (C=O) groups excluding carboxylic acids is 1. The van der Waals surface area contributed by atoms with Gasteiger partial charge in [0.15, 0.2) is 0 Å². The Hall–Kier alpha value is -2.12. The Morgan fingerprint density at radius 1 is 1.23 bits per heavy atom. The first-order valence-electron chi connectivity index (χ1n) is 8.85. The molecule has 1 aromatic heterocycles. The third-order valence-electron chi connectivity index (χ3n) is 4.68. The Kier molecular flexibility index (Phi) is 6.11. The molecule has 0 radical (unpaired) electrons. The highest BCUT2D eigenvalue weighted by molar-refractivity contribution is 7.07. The second-order valence-corrected chi connectivity index (χ2v) is 7.38. The predicted molar refractivity (Wildman–Crippen MR) is 104 cm³/mol. The van der Waals surface area contributed by atoms with Gasteiger partial charge < -0.3 is 19.1 Å². The molecule has 1 aliphatic heterocycles. The van der Waals surface area contributed by atoms with Gasteiger partial charge in [-0.2, -0.15) is 0 Å². The van der Waals surface area contributed by atoms with Crippen LogP contribution in [-0.4, -0.2) is 48.7 Å². The van der Waals surface area contributed by atoms with Crippen molar-refractivity contribution in [2.45, 2.75) is 26.4 Å². The fourth-order valence-electron chi connectivity index (χ4n) is 3.07. The van der Waals surface area contributed by atoms with Crippen molar-refractivity contribution in [2.24, 2.45) is 0 Å². The fourth-order valence-corrected chi connectivity index (χ4v) is 3.83. The summed E-state index contributed by atoms with van der Waals surface area (Å²) in [4.78, 5) is 28.1.